The van der Waals surface area contributed by atoms with Crippen molar-refractivity contribution in [1.82, 2.24) is 24.7 Å². The molecule has 0 saturated carbocycles. The summed E-state index contributed by atoms with van der Waals surface area (Å²) in [7, 11) is 0. The van der Waals surface area contributed by atoms with E-state index in [-0.39, 0.29) is 0 Å². The maximum Gasteiger partial charge on any atom is 0.141 e. The van der Waals surface area contributed by atoms with Crippen molar-refractivity contribution in [3.05, 3.63) is 29.4 Å². The van der Waals surface area contributed by atoms with Gasteiger partial charge in [-0.2, -0.15) is 5.10 Å². The van der Waals surface area contributed by atoms with E-state index in [1.807, 2.05) is 22.3 Å². The fraction of sp³-hybridized carbons (Fsp3) is 0.529. The first kappa shape index (κ1) is 14.3. The molecule has 124 valence electrons. The molecular weight excluding hydrogens is 320 g/mol. The van der Waals surface area contributed by atoms with Gasteiger partial charge in [0.05, 0.1) is 11.4 Å². The second kappa shape index (κ2) is 5.81. The van der Waals surface area contributed by atoms with Crippen LogP contribution in [0.3, 0.4) is 0 Å². The molecular formula is C17H20N6S. The fourth-order valence-corrected chi connectivity index (χ4v) is 5.31. The first-order valence-electron chi connectivity index (χ1n) is 8.74. The van der Waals surface area contributed by atoms with Gasteiger partial charge in [0.1, 0.15) is 29.6 Å². The lowest BCUT2D eigenvalue weighted by Gasteiger charge is -2.33. The zero-order valence-electron chi connectivity index (χ0n) is 13.6. The van der Waals surface area contributed by atoms with E-state index in [9.17, 15) is 0 Å². The lowest BCUT2D eigenvalue weighted by atomic mass is 9.96. The highest BCUT2D eigenvalue weighted by molar-refractivity contribution is 7.19. The predicted molar refractivity (Wildman–Crippen MR) is 94.6 cm³/mol. The number of fused-ring (bicyclic) bond motifs is 3. The summed E-state index contributed by atoms with van der Waals surface area (Å²) in [6, 6.07) is 0.376. The summed E-state index contributed by atoms with van der Waals surface area (Å²) in [6.07, 6.45) is 12.5. The van der Waals surface area contributed by atoms with Gasteiger partial charge in [0.25, 0.3) is 0 Å². The number of piperidine rings is 1. The molecule has 0 spiro atoms. The number of nitrogens with zero attached hydrogens (tertiary/aromatic N) is 6. The second-order valence-electron chi connectivity index (χ2n) is 6.71. The molecule has 0 bridgehead atoms. The third-order valence-corrected chi connectivity index (χ3v) is 6.44. The van der Waals surface area contributed by atoms with Gasteiger partial charge < -0.3 is 4.90 Å². The van der Waals surface area contributed by atoms with Crippen LogP contribution in [-0.2, 0) is 12.8 Å². The van der Waals surface area contributed by atoms with Crippen molar-refractivity contribution >= 4 is 27.4 Å². The van der Waals surface area contributed by atoms with E-state index in [4.69, 9.17) is 4.98 Å². The molecule has 4 heterocycles. The Bertz CT molecular complexity index is 855. The Labute approximate surface area is 144 Å². The van der Waals surface area contributed by atoms with E-state index < -0.39 is 0 Å². The lowest BCUT2D eigenvalue weighted by molar-refractivity contribution is 0.374. The van der Waals surface area contributed by atoms with Crippen LogP contribution in [0, 0.1) is 0 Å². The summed E-state index contributed by atoms with van der Waals surface area (Å²) < 4.78 is 1.99. The largest absolute Gasteiger partial charge is 0.354 e. The van der Waals surface area contributed by atoms with E-state index >= 15 is 0 Å². The smallest absolute Gasteiger partial charge is 0.141 e. The van der Waals surface area contributed by atoms with Gasteiger partial charge in [0.15, 0.2) is 0 Å². The normalized spacial score (nSPS) is 21.2. The van der Waals surface area contributed by atoms with Crippen LogP contribution in [0.1, 0.15) is 42.2 Å². The molecule has 5 rings (SSSR count). The summed E-state index contributed by atoms with van der Waals surface area (Å²) in [5, 5.41) is 5.65. The van der Waals surface area contributed by atoms with E-state index in [1.54, 1.807) is 12.7 Å². The minimum absolute atomic E-state index is 0.376. The molecule has 1 fully saturated rings. The van der Waals surface area contributed by atoms with Crippen LogP contribution in [0.25, 0.3) is 10.2 Å². The van der Waals surface area contributed by atoms with Gasteiger partial charge in [-0.05, 0) is 44.1 Å². The average Bonchev–Trinajstić information content (AvgIpc) is 3.29. The van der Waals surface area contributed by atoms with Crippen molar-refractivity contribution in [2.75, 3.05) is 18.0 Å². The number of thiophene rings is 1. The van der Waals surface area contributed by atoms with Crippen LogP contribution in [0.15, 0.2) is 19.0 Å². The maximum atomic E-state index is 4.70. The number of hydrogen-bond acceptors (Lipinski definition) is 6. The number of rotatable bonds is 2. The van der Waals surface area contributed by atoms with Crippen LogP contribution in [0.4, 0.5) is 5.82 Å². The highest BCUT2D eigenvalue weighted by Gasteiger charge is 2.27. The van der Waals surface area contributed by atoms with Crippen molar-refractivity contribution in [3.8, 4) is 0 Å². The summed E-state index contributed by atoms with van der Waals surface area (Å²) in [5.41, 5.74) is 1.51. The van der Waals surface area contributed by atoms with E-state index in [0.29, 0.717) is 6.04 Å². The van der Waals surface area contributed by atoms with Crippen LogP contribution in [0.2, 0.25) is 0 Å². The molecule has 0 radical (unpaired) electrons. The zero-order valence-corrected chi connectivity index (χ0v) is 14.4. The van der Waals surface area contributed by atoms with Crippen molar-refractivity contribution in [2.45, 2.75) is 44.6 Å². The van der Waals surface area contributed by atoms with Gasteiger partial charge in [0.2, 0.25) is 0 Å². The zero-order chi connectivity index (χ0) is 15.9. The first-order chi connectivity index (χ1) is 11.9. The molecule has 0 aromatic carbocycles. The third-order valence-electron chi connectivity index (χ3n) is 5.24. The topological polar surface area (TPSA) is 59.7 Å². The molecule has 1 atom stereocenters. The maximum absolute atomic E-state index is 4.70. The van der Waals surface area contributed by atoms with Crippen molar-refractivity contribution in [3.63, 3.8) is 0 Å². The minimum Gasteiger partial charge on any atom is -0.354 e. The number of anilines is 1. The third kappa shape index (κ3) is 2.30. The van der Waals surface area contributed by atoms with Gasteiger partial charge in [-0.15, -0.1) is 11.3 Å². The minimum atomic E-state index is 0.376. The Balaban J connectivity index is 1.55. The van der Waals surface area contributed by atoms with E-state index in [2.05, 4.69) is 20.0 Å². The molecule has 0 N–H and O–H groups in total. The van der Waals surface area contributed by atoms with Gasteiger partial charge in [0, 0.05) is 18.0 Å². The molecule has 1 aliphatic carbocycles. The SMILES string of the molecule is c1nc(N2CCC[C@H](n3cncn3)C2)c2c3c(sc2n1)CCCC3. The summed E-state index contributed by atoms with van der Waals surface area (Å²) >= 11 is 1.87. The Hall–Kier alpha value is -2.02. The van der Waals surface area contributed by atoms with Gasteiger partial charge in [-0.3, -0.25) is 0 Å². The first-order valence-corrected chi connectivity index (χ1v) is 9.56. The van der Waals surface area contributed by atoms with E-state index in [0.717, 1.165) is 36.6 Å². The quantitative estimate of drug-likeness (QED) is 0.718. The monoisotopic (exact) mass is 340 g/mol. The van der Waals surface area contributed by atoms with Crippen molar-refractivity contribution in [2.24, 2.45) is 0 Å². The fourth-order valence-electron chi connectivity index (χ4n) is 4.08. The van der Waals surface area contributed by atoms with Crippen LogP contribution in [0.5, 0.6) is 0 Å². The van der Waals surface area contributed by atoms with E-state index in [1.165, 1.54) is 41.5 Å². The number of aryl methyl sites for hydroxylation is 2. The van der Waals surface area contributed by atoms with Gasteiger partial charge >= 0.3 is 0 Å². The van der Waals surface area contributed by atoms with Crippen LogP contribution >= 0.6 is 11.3 Å². The Morgan fingerprint density at radius 1 is 1.08 bits per heavy atom. The lowest BCUT2D eigenvalue weighted by Crippen LogP contribution is -2.37. The molecule has 1 saturated heterocycles. The van der Waals surface area contributed by atoms with Crippen LogP contribution < -0.4 is 4.90 Å². The second-order valence-corrected chi connectivity index (χ2v) is 7.79. The molecule has 3 aromatic rings. The molecule has 3 aromatic heterocycles. The Morgan fingerprint density at radius 3 is 2.96 bits per heavy atom. The van der Waals surface area contributed by atoms with Crippen molar-refractivity contribution < 1.29 is 0 Å². The summed E-state index contributed by atoms with van der Waals surface area (Å²) in [5.74, 6) is 1.13. The highest BCUT2D eigenvalue weighted by atomic mass is 32.1. The highest BCUT2D eigenvalue weighted by Crippen LogP contribution is 2.40. The number of hydrogen-bond donors (Lipinski definition) is 0. The van der Waals surface area contributed by atoms with Crippen LogP contribution in [-0.4, -0.2) is 37.8 Å². The summed E-state index contributed by atoms with van der Waals surface area (Å²) in [4.78, 5) is 18.5. The molecule has 0 amide bonds. The molecule has 1 aliphatic heterocycles. The Kier molecular flexibility index (Phi) is 3.47. The molecule has 24 heavy (non-hydrogen) atoms. The molecule has 6 nitrogen and oxygen atoms in total. The number of aromatic nitrogens is 5. The molecule has 2 aliphatic rings. The predicted octanol–water partition coefficient (Wildman–Crippen LogP) is 3.00. The van der Waals surface area contributed by atoms with Gasteiger partial charge in [-0.1, -0.05) is 0 Å². The molecule has 7 heteroatoms. The summed E-state index contributed by atoms with van der Waals surface area (Å²) in [6.45, 7) is 2.00. The van der Waals surface area contributed by atoms with Gasteiger partial charge in [-0.25, -0.2) is 19.6 Å². The average molecular weight is 340 g/mol. The Morgan fingerprint density at radius 2 is 2.04 bits per heavy atom. The molecule has 0 unspecified atom stereocenters. The standard InChI is InChI=1S/C17H20N6S/c1-2-6-14-13(5-1)15-16(19-10-20-17(15)24-14)22-7-3-4-12(8-22)23-11-18-9-21-23/h9-12H,1-8H2/t12-/m0/s1. The van der Waals surface area contributed by atoms with Crippen molar-refractivity contribution in [1.29, 1.82) is 0 Å².